The fourth-order valence-corrected chi connectivity index (χ4v) is 2.12. The number of nitrogens with zero attached hydrogens (tertiary/aromatic N) is 2. The summed E-state index contributed by atoms with van der Waals surface area (Å²) in [4.78, 5) is 11.8. The van der Waals surface area contributed by atoms with Crippen molar-refractivity contribution in [3.8, 4) is 0 Å². The third-order valence-corrected chi connectivity index (χ3v) is 3.32. The van der Waals surface area contributed by atoms with Crippen molar-refractivity contribution in [2.75, 3.05) is 11.9 Å². The molecule has 0 amide bonds. The van der Waals surface area contributed by atoms with Crippen molar-refractivity contribution in [1.82, 2.24) is 9.78 Å². The van der Waals surface area contributed by atoms with Gasteiger partial charge in [-0.05, 0) is 35.2 Å². The first-order valence-corrected chi connectivity index (χ1v) is 6.92. The zero-order chi connectivity index (χ0) is 13.7. The molecule has 1 heterocycles. The molecule has 0 saturated heterocycles. The van der Waals surface area contributed by atoms with Crippen LogP contribution in [0.3, 0.4) is 0 Å². The molecule has 0 aromatic carbocycles. The first kappa shape index (κ1) is 15.2. The second-order valence-corrected chi connectivity index (χ2v) is 5.45. The molecule has 1 rings (SSSR count). The van der Waals surface area contributed by atoms with Gasteiger partial charge in [-0.3, -0.25) is 4.79 Å². The Kier molecular flexibility index (Phi) is 5.81. The van der Waals surface area contributed by atoms with Crippen molar-refractivity contribution < 1.29 is 5.11 Å². The molecule has 0 fully saturated rings. The number of anilines is 1. The summed E-state index contributed by atoms with van der Waals surface area (Å²) >= 11 is 3.26. The molecular weight excluding hydrogens is 298 g/mol. The third kappa shape index (κ3) is 4.10. The maximum atomic E-state index is 11.8. The van der Waals surface area contributed by atoms with Crippen molar-refractivity contribution in [1.29, 1.82) is 0 Å². The second-order valence-electron chi connectivity index (χ2n) is 4.66. The minimum Gasteiger partial charge on any atom is -0.391 e. The normalized spacial score (nSPS) is 12.8. The molecule has 0 spiro atoms. The van der Waals surface area contributed by atoms with Crippen LogP contribution in [0.2, 0.25) is 0 Å². The van der Waals surface area contributed by atoms with E-state index >= 15 is 0 Å². The first-order valence-electron chi connectivity index (χ1n) is 6.13. The quantitative estimate of drug-likeness (QED) is 0.840. The van der Waals surface area contributed by atoms with Crippen molar-refractivity contribution in [3.63, 3.8) is 0 Å². The molecule has 6 heteroatoms. The number of hydrogen-bond acceptors (Lipinski definition) is 4. The van der Waals surface area contributed by atoms with Gasteiger partial charge in [-0.15, -0.1) is 0 Å². The van der Waals surface area contributed by atoms with Crippen LogP contribution in [-0.2, 0) is 6.54 Å². The van der Waals surface area contributed by atoms with Crippen LogP contribution in [0.4, 0.5) is 5.69 Å². The number of aliphatic hydroxyl groups is 1. The SMILES string of the molecule is CCn1ncc(NCC(O)CC(C)C)c(Br)c1=O. The van der Waals surface area contributed by atoms with Crippen molar-refractivity contribution >= 4 is 21.6 Å². The highest BCUT2D eigenvalue weighted by Crippen LogP contribution is 2.16. The molecule has 0 saturated carbocycles. The van der Waals surface area contributed by atoms with E-state index in [2.05, 4.69) is 40.2 Å². The van der Waals surface area contributed by atoms with Gasteiger partial charge in [0.05, 0.1) is 18.0 Å². The van der Waals surface area contributed by atoms with Crippen molar-refractivity contribution in [3.05, 3.63) is 21.0 Å². The van der Waals surface area contributed by atoms with Crippen LogP contribution in [-0.4, -0.2) is 27.5 Å². The summed E-state index contributed by atoms with van der Waals surface area (Å²) in [5.41, 5.74) is 0.452. The van der Waals surface area contributed by atoms with Crippen LogP contribution in [0.5, 0.6) is 0 Å². The Morgan fingerprint density at radius 3 is 2.78 bits per heavy atom. The highest BCUT2D eigenvalue weighted by molar-refractivity contribution is 9.10. The van der Waals surface area contributed by atoms with Gasteiger partial charge < -0.3 is 10.4 Å². The van der Waals surface area contributed by atoms with Gasteiger partial charge in [0, 0.05) is 13.1 Å². The minimum absolute atomic E-state index is 0.166. The Morgan fingerprint density at radius 1 is 1.56 bits per heavy atom. The molecule has 0 aliphatic rings. The number of hydrogen-bond donors (Lipinski definition) is 2. The van der Waals surface area contributed by atoms with Gasteiger partial charge in [-0.2, -0.15) is 5.10 Å². The van der Waals surface area contributed by atoms with Gasteiger partial charge in [0.25, 0.3) is 5.56 Å². The summed E-state index contributed by atoms with van der Waals surface area (Å²) < 4.78 is 1.83. The Bertz CT molecular complexity index is 445. The largest absolute Gasteiger partial charge is 0.391 e. The molecule has 5 nitrogen and oxygen atoms in total. The monoisotopic (exact) mass is 317 g/mol. The molecule has 18 heavy (non-hydrogen) atoms. The molecule has 1 aromatic rings. The predicted octanol–water partition coefficient (Wildman–Crippen LogP) is 1.84. The average Bonchev–Trinajstić information content (AvgIpc) is 2.30. The maximum absolute atomic E-state index is 11.8. The highest BCUT2D eigenvalue weighted by Gasteiger charge is 2.10. The molecular formula is C12H20BrN3O2. The fraction of sp³-hybridized carbons (Fsp3) is 0.667. The lowest BCUT2D eigenvalue weighted by atomic mass is 10.1. The lowest BCUT2D eigenvalue weighted by Gasteiger charge is -2.15. The lowest BCUT2D eigenvalue weighted by Crippen LogP contribution is -2.26. The number of aliphatic hydroxyl groups excluding tert-OH is 1. The number of rotatable bonds is 6. The van der Waals surface area contributed by atoms with Gasteiger partial charge in [0.1, 0.15) is 4.47 Å². The Morgan fingerprint density at radius 2 is 2.22 bits per heavy atom. The van der Waals surface area contributed by atoms with E-state index in [1.807, 2.05) is 6.92 Å². The standard InChI is InChI=1S/C12H20BrN3O2/c1-4-16-12(18)11(13)10(7-15-16)14-6-9(17)5-8(2)3/h7-9,14,17H,4-6H2,1-3H3. The van der Waals surface area contributed by atoms with Crippen LogP contribution in [0.15, 0.2) is 15.5 Å². The minimum atomic E-state index is -0.425. The average molecular weight is 318 g/mol. The lowest BCUT2D eigenvalue weighted by molar-refractivity contribution is 0.161. The second kappa shape index (κ2) is 6.89. The Labute approximate surface area is 115 Å². The van der Waals surface area contributed by atoms with Crippen LogP contribution in [0, 0.1) is 5.92 Å². The number of aromatic nitrogens is 2. The molecule has 2 N–H and O–H groups in total. The molecule has 0 aliphatic carbocycles. The van der Waals surface area contributed by atoms with Gasteiger partial charge in [-0.25, -0.2) is 4.68 Å². The van der Waals surface area contributed by atoms with E-state index in [1.54, 1.807) is 6.20 Å². The molecule has 0 radical (unpaired) electrons. The van der Waals surface area contributed by atoms with Crippen LogP contribution in [0.1, 0.15) is 27.2 Å². The molecule has 0 bridgehead atoms. The van der Waals surface area contributed by atoms with E-state index in [9.17, 15) is 9.90 Å². The maximum Gasteiger partial charge on any atom is 0.283 e. The first-order chi connectivity index (χ1) is 8.45. The van der Waals surface area contributed by atoms with Crippen LogP contribution < -0.4 is 10.9 Å². The summed E-state index contributed by atoms with van der Waals surface area (Å²) in [5, 5.41) is 16.8. The zero-order valence-electron chi connectivity index (χ0n) is 11.0. The van der Waals surface area contributed by atoms with Gasteiger partial charge in [-0.1, -0.05) is 13.8 Å². The summed E-state index contributed by atoms with van der Waals surface area (Å²) in [5.74, 6) is 0.441. The number of halogens is 1. The van der Waals surface area contributed by atoms with Gasteiger partial charge >= 0.3 is 0 Å². The van der Waals surface area contributed by atoms with E-state index in [4.69, 9.17) is 0 Å². The van der Waals surface area contributed by atoms with E-state index < -0.39 is 6.10 Å². The molecule has 0 aliphatic heterocycles. The smallest absolute Gasteiger partial charge is 0.283 e. The van der Waals surface area contributed by atoms with E-state index in [-0.39, 0.29) is 5.56 Å². The van der Waals surface area contributed by atoms with E-state index in [0.29, 0.717) is 29.2 Å². The topological polar surface area (TPSA) is 67.2 Å². The molecule has 1 aromatic heterocycles. The van der Waals surface area contributed by atoms with Gasteiger partial charge in [0.15, 0.2) is 0 Å². The van der Waals surface area contributed by atoms with Crippen molar-refractivity contribution in [2.24, 2.45) is 5.92 Å². The van der Waals surface area contributed by atoms with Gasteiger partial charge in [0.2, 0.25) is 0 Å². The van der Waals surface area contributed by atoms with Crippen molar-refractivity contribution in [2.45, 2.75) is 39.8 Å². The van der Waals surface area contributed by atoms with E-state index in [1.165, 1.54) is 4.68 Å². The Balaban J connectivity index is 2.69. The fourth-order valence-electron chi connectivity index (χ4n) is 1.67. The Hall–Kier alpha value is -0.880. The summed E-state index contributed by atoms with van der Waals surface area (Å²) in [6.45, 7) is 6.92. The third-order valence-electron chi connectivity index (χ3n) is 2.56. The number of nitrogens with one attached hydrogen (secondary N) is 1. The molecule has 102 valence electrons. The summed E-state index contributed by atoms with van der Waals surface area (Å²) in [6.07, 6.45) is 1.90. The predicted molar refractivity (Wildman–Crippen MR) is 75.8 cm³/mol. The molecule has 1 unspecified atom stereocenters. The van der Waals surface area contributed by atoms with E-state index in [0.717, 1.165) is 6.42 Å². The van der Waals surface area contributed by atoms with Crippen LogP contribution >= 0.6 is 15.9 Å². The highest BCUT2D eigenvalue weighted by atomic mass is 79.9. The summed E-state index contributed by atoms with van der Waals surface area (Å²) in [6, 6.07) is 0. The molecule has 1 atom stereocenters. The summed E-state index contributed by atoms with van der Waals surface area (Å²) in [7, 11) is 0. The van der Waals surface area contributed by atoms with Crippen LogP contribution in [0.25, 0.3) is 0 Å². The number of aryl methyl sites for hydroxylation is 1. The zero-order valence-corrected chi connectivity index (χ0v) is 12.6.